The second-order valence-corrected chi connectivity index (χ2v) is 6.74. The van der Waals surface area contributed by atoms with Crippen molar-refractivity contribution in [1.29, 1.82) is 0 Å². The van der Waals surface area contributed by atoms with E-state index in [1.165, 1.54) is 0 Å². The number of likely N-dealkylation sites (tertiary alicyclic amines) is 1. The van der Waals surface area contributed by atoms with Crippen LogP contribution >= 0.6 is 0 Å². The van der Waals surface area contributed by atoms with Crippen LogP contribution in [0.15, 0.2) is 24.3 Å². The minimum absolute atomic E-state index is 0.351. The third-order valence-electron chi connectivity index (χ3n) is 3.80. The lowest BCUT2D eigenvalue weighted by molar-refractivity contribution is -0.0356. The molecule has 1 aromatic rings. The molecule has 0 radical (unpaired) electrons. The van der Waals surface area contributed by atoms with Crippen molar-refractivity contribution < 1.29 is 19.4 Å². The summed E-state index contributed by atoms with van der Waals surface area (Å²) in [6.45, 7) is 6.34. The molecule has 2 rings (SSSR count). The average molecular weight is 305 g/mol. The molecule has 1 aliphatic heterocycles. The van der Waals surface area contributed by atoms with E-state index < -0.39 is 11.2 Å². The SMILES string of the molecule is CC(C)(C)OC(=O)N1CCC(O)(c2cccc(C=O)c2)CC1. The van der Waals surface area contributed by atoms with E-state index in [9.17, 15) is 14.7 Å². The van der Waals surface area contributed by atoms with Crippen molar-refractivity contribution in [2.24, 2.45) is 0 Å². The van der Waals surface area contributed by atoms with Crippen molar-refractivity contribution in [3.8, 4) is 0 Å². The molecule has 22 heavy (non-hydrogen) atoms. The molecule has 1 saturated heterocycles. The summed E-state index contributed by atoms with van der Waals surface area (Å²) in [6, 6.07) is 6.99. The lowest BCUT2D eigenvalue weighted by atomic mass is 9.84. The van der Waals surface area contributed by atoms with Crippen LogP contribution in [0.3, 0.4) is 0 Å². The first-order valence-corrected chi connectivity index (χ1v) is 7.49. The Hall–Kier alpha value is -1.88. The maximum Gasteiger partial charge on any atom is 0.410 e. The molecule has 0 aromatic heterocycles. The fourth-order valence-corrected chi connectivity index (χ4v) is 2.58. The summed E-state index contributed by atoms with van der Waals surface area (Å²) in [7, 11) is 0. The summed E-state index contributed by atoms with van der Waals surface area (Å²) in [5.41, 5.74) is -0.262. The van der Waals surface area contributed by atoms with Gasteiger partial charge in [0.25, 0.3) is 0 Å². The molecular formula is C17H23NO4. The maximum absolute atomic E-state index is 12.0. The lowest BCUT2D eigenvalue weighted by Gasteiger charge is -2.39. The number of amides is 1. The summed E-state index contributed by atoms with van der Waals surface area (Å²) in [6.07, 6.45) is 1.27. The van der Waals surface area contributed by atoms with Crippen LogP contribution < -0.4 is 0 Å². The van der Waals surface area contributed by atoms with Gasteiger partial charge < -0.3 is 14.7 Å². The predicted octanol–water partition coefficient (Wildman–Crippen LogP) is 2.72. The van der Waals surface area contributed by atoms with E-state index in [0.29, 0.717) is 31.5 Å². The van der Waals surface area contributed by atoms with Crippen LogP contribution in [0.25, 0.3) is 0 Å². The van der Waals surface area contributed by atoms with Gasteiger partial charge in [0.05, 0.1) is 5.60 Å². The maximum atomic E-state index is 12.0. The van der Waals surface area contributed by atoms with E-state index in [-0.39, 0.29) is 6.09 Å². The molecular weight excluding hydrogens is 282 g/mol. The Kier molecular flexibility index (Phi) is 4.56. The van der Waals surface area contributed by atoms with Crippen molar-refractivity contribution in [2.45, 2.75) is 44.8 Å². The Morgan fingerprint density at radius 3 is 2.50 bits per heavy atom. The molecule has 0 aliphatic carbocycles. The number of benzene rings is 1. The molecule has 0 spiro atoms. The van der Waals surface area contributed by atoms with Crippen LogP contribution in [-0.2, 0) is 10.3 Å². The summed E-state index contributed by atoms with van der Waals surface area (Å²) in [5, 5.41) is 10.8. The number of carbonyl (C=O) groups is 2. The van der Waals surface area contributed by atoms with Gasteiger partial charge in [0.15, 0.2) is 0 Å². The van der Waals surface area contributed by atoms with Gasteiger partial charge in [-0.05, 0) is 45.2 Å². The Morgan fingerprint density at radius 2 is 1.95 bits per heavy atom. The van der Waals surface area contributed by atoms with E-state index in [4.69, 9.17) is 4.74 Å². The quantitative estimate of drug-likeness (QED) is 0.853. The first-order valence-electron chi connectivity index (χ1n) is 7.49. The zero-order valence-corrected chi connectivity index (χ0v) is 13.3. The van der Waals surface area contributed by atoms with E-state index >= 15 is 0 Å². The highest BCUT2D eigenvalue weighted by molar-refractivity contribution is 5.75. The molecule has 1 fully saturated rings. The normalized spacial score (nSPS) is 17.9. The van der Waals surface area contributed by atoms with Crippen molar-refractivity contribution >= 4 is 12.4 Å². The number of nitrogens with zero attached hydrogens (tertiary/aromatic N) is 1. The average Bonchev–Trinajstić information content (AvgIpc) is 2.46. The molecule has 1 aliphatic rings. The molecule has 1 N–H and O–H groups in total. The zero-order chi connectivity index (χ0) is 16.4. The Morgan fingerprint density at radius 1 is 1.32 bits per heavy atom. The molecule has 5 nitrogen and oxygen atoms in total. The van der Waals surface area contributed by atoms with Gasteiger partial charge in [-0.1, -0.05) is 18.2 Å². The molecule has 5 heteroatoms. The second-order valence-electron chi connectivity index (χ2n) is 6.74. The van der Waals surface area contributed by atoms with Gasteiger partial charge in [-0.2, -0.15) is 0 Å². The van der Waals surface area contributed by atoms with Gasteiger partial charge in [-0.25, -0.2) is 4.79 Å². The van der Waals surface area contributed by atoms with Crippen LogP contribution in [0.1, 0.15) is 49.5 Å². The van der Waals surface area contributed by atoms with Crippen LogP contribution in [0.2, 0.25) is 0 Å². The molecule has 120 valence electrons. The molecule has 0 bridgehead atoms. The molecule has 1 amide bonds. The number of carbonyl (C=O) groups excluding carboxylic acids is 2. The van der Waals surface area contributed by atoms with Gasteiger partial charge in [0.2, 0.25) is 0 Å². The van der Waals surface area contributed by atoms with E-state index in [1.54, 1.807) is 23.1 Å². The first kappa shape index (κ1) is 16.5. The van der Waals surface area contributed by atoms with Crippen molar-refractivity contribution in [3.63, 3.8) is 0 Å². The van der Waals surface area contributed by atoms with Gasteiger partial charge in [0, 0.05) is 18.7 Å². The summed E-state index contributed by atoms with van der Waals surface area (Å²) < 4.78 is 5.35. The third kappa shape index (κ3) is 3.85. The molecule has 0 unspecified atom stereocenters. The van der Waals surface area contributed by atoms with Crippen LogP contribution in [0.5, 0.6) is 0 Å². The highest BCUT2D eigenvalue weighted by atomic mass is 16.6. The van der Waals surface area contributed by atoms with Crippen LogP contribution in [0, 0.1) is 0 Å². The molecule has 0 saturated carbocycles. The summed E-state index contributed by atoms with van der Waals surface area (Å²) >= 11 is 0. The van der Waals surface area contributed by atoms with Gasteiger partial charge >= 0.3 is 6.09 Å². The standard InChI is InChI=1S/C17H23NO4/c1-16(2,3)22-15(20)18-9-7-17(21,8-10-18)14-6-4-5-13(11-14)12-19/h4-6,11-12,21H,7-10H2,1-3H3. The van der Waals surface area contributed by atoms with Gasteiger partial charge in [-0.15, -0.1) is 0 Å². The number of piperidine rings is 1. The fraction of sp³-hybridized carbons (Fsp3) is 0.529. The number of ether oxygens (including phenoxy) is 1. The monoisotopic (exact) mass is 305 g/mol. The van der Waals surface area contributed by atoms with Crippen molar-refractivity contribution in [1.82, 2.24) is 4.90 Å². The lowest BCUT2D eigenvalue weighted by Crippen LogP contribution is -2.46. The Bertz CT molecular complexity index is 554. The van der Waals surface area contributed by atoms with E-state index in [0.717, 1.165) is 11.8 Å². The zero-order valence-electron chi connectivity index (χ0n) is 13.3. The second kappa shape index (κ2) is 6.08. The predicted molar refractivity (Wildman–Crippen MR) is 82.8 cm³/mol. The van der Waals surface area contributed by atoms with Crippen molar-refractivity contribution in [3.05, 3.63) is 35.4 Å². The van der Waals surface area contributed by atoms with E-state index in [2.05, 4.69) is 0 Å². The smallest absolute Gasteiger partial charge is 0.410 e. The highest BCUT2D eigenvalue weighted by Crippen LogP contribution is 2.33. The van der Waals surface area contributed by atoms with Gasteiger partial charge in [0.1, 0.15) is 11.9 Å². The molecule has 0 atom stereocenters. The number of rotatable bonds is 2. The fourth-order valence-electron chi connectivity index (χ4n) is 2.58. The number of hydrogen-bond acceptors (Lipinski definition) is 4. The number of aldehydes is 1. The minimum Gasteiger partial charge on any atom is -0.444 e. The van der Waals surface area contributed by atoms with Gasteiger partial charge in [-0.3, -0.25) is 4.79 Å². The number of aliphatic hydroxyl groups is 1. The summed E-state index contributed by atoms with van der Waals surface area (Å²) in [5.74, 6) is 0. The largest absolute Gasteiger partial charge is 0.444 e. The Labute approximate surface area is 130 Å². The topological polar surface area (TPSA) is 66.8 Å². The van der Waals surface area contributed by atoms with Crippen LogP contribution in [0.4, 0.5) is 4.79 Å². The molecule has 1 heterocycles. The minimum atomic E-state index is -1.00. The van der Waals surface area contributed by atoms with Crippen LogP contribution in [-0.4, -0.2) is 41.1 Å². The third-order valence-corrected chi connectivity index (χ3v) is 3.80. The Balaban J connectivity index is 2.04. The first-order chi connectivity index (χ1) is 10.2. The van der Waals surface area contributed by atoms with E-state index in [1.807, 2.05) is 26.8 Å². The highest BCUT2D eigenvalue weighted by Gasteiger charge is 2.36. The number of hydrogen-bond donors (Lipinski definition) is 1. The van der Waals surface area contributed by atoms with Crippen molar-refractivity contribution in [2.75, 3.05) is 13.1 Å². The summed E-state index contributed by atoms with van der Waals surface area (Å²) in [4.78, 5) is 24.5. The molecule has 1 aromatic carbocycles.